The van der Waals surface area contributed by atoms with Gasteiger partial charge >= 0.3 is 55.0 Å². The molecule has 0 unspecified atom stereocenters. The zero-order chi connectivity index (χ0) is 6.27. The van der Waals surface area contributed by atoms with Crippen molar-refractivity contribution in [1.29, 1.82) is 0 Å². The molecule has 3 nitrogen and oxygen atoms in total. The summed E-state index contributed by atoms with van der Waals surface area (Å²) in [6, 6.07) is 0. The summed E-state index contributed by atoms with van der Waals surface area (Å²) in [5.41, 5.74) is 1.19. The molecule has 2 rings (SSSR count). The molecule has 0 amide bonds. The molecule has 2 aromatic rings. The maximum atomic E-state index is 10.3. The van der Waals surface area contributed by atoms with E-state index in [2.05, 4.69) is 8.83 Å². The molecule has 0 aliphatic carbocycles. The Morgan fingerprint density at radius 2 is 1.78 bits per heavy atom. The van der Waals surface area contributed by atoms with Gasteiger partial charge in [-0.3, -0.25) is 0 Å². The Bertz CT molecular complexity index is 335. The summed E-state index contributed by atoms with van der Waals surface area (Å²) in [7, 11) is 0. The van der Waals surface area contributed by atoms with Gasteiger partial charge in [-0.05, 0) is 0 Å². The fourth-order valence-electron chi connectivity index (χ4n) is 0.623. The number of rotatable bonds is 0. The van der Waals surface area contributed by atoms with Gasteiger partial charge in [0.1, 0.15) is 0 Å². The summed E-state index contributed by atoms with van der Waals surface area (Å²) in [6.45, 7) is 0. The second kappa shape index (κ2) is 1.62. The minimum atomic E-state index is -0.608. The van der Waals surface area contributed by atoms with Crippen molar-refractivity contribution in [2.75, 3.05) is 0 Å². The van der Waals surface area contributed by atoms with E-state index < -0.39 is 5.82 Å². The molecule has 0 saturated heterocycles. The van der Waals surface area contributed by atoms with E-state index >= 15 is 0 Å². The van der Waals surface area contributed by atoms with Crippen molar-refractivity contribution in [3.63, 3.8) is 0 Å². The van der Waals surface area contributed by atoms with Gasteiger partial charge in [-0.15, -0.1) is 0 Å². The molecule has 0 fully saturated rings. The van der Waals surface area contributed by atoms with Gasteiger partial charge in [-0.2, -0.15) is 0 Å². The molecular formula is C5H2O3Se. The molecule has 4 heteroatoms. The summed E-state index contributed by atoms with van der Waals surface area (Å²) in [5.74, 6) is -0.608. The number of hydrogen-bond acceptors (Lipinski definition) is 3. The van der Waals surface area contributed by atoms with Crippen molar-refractivity contribution in [3.05, 3.63) is 20.5 Å². The van der Waals surface area contributed by atoms with Crippen LogP contribution in [0.5, 0.6) is 0 Å². The topological polar surface area (TPSA) is 43.4 Å². The Morgan fingerprint density at radius 3 is 2.33 bits per heavy atom. The van der Waals surface area contributed by atoms with Gasteiger partial charge in [-0.1, -0.05) is 0 Å². The van der Waals surface area contributed by atoms with Crippen LogP contribution >= 0.6 is 0 Å². The SMILES string of the molecule is O=c1oc2c[se]cc2o1. The quantitative estimate of drug-likeness (QED) is 0.565. The van der Waals surface area contributed by atoms with E-state index in [1.807, 2.05) is 9.88 Å². The summed E-state index contributed by atoms with van der Waals surface area (Å²) in [4.78, 5) is 14.1. The van der Waals surface area contributed by atoms with Crippen LogP contribution in [0.3, 0.4) is 0 Å². The standard InChI is InChI=1S/C5H2O3Se/c6-5-7-3-1-9-2-4(3)8-5/h1-2H. The van der Waals surface area contributed by atoms with E-state index in [0.29, 0.717) is 25.7 Å². The number of hydrogen-bond donors (Lipinski definition) is 0. The monoisotopic (exact) mass is 190 g/mol. The normalized spacial score (nSPS) is 10.7. The van der Waals surface area contributed by atoms with Gasteiger partial charge in [0.05, 0.1) is 0 Å². The third-order valence-corrected chi connectivity index (χ3v) is 2.45. The van der Waals surface area contributed by atoms with E-state index in [4.69, 9.17) is 0 Å². The van der Waals surface area contributed by atoms with Crippen LogP contribution in [0.2, 0.25) is 0 Å². The Morgan fingerprint density at radius 1 is 1.22 bits per heavy atom. The molecule has 0 aliphatic rings. The van der Waals surface area contributed by atoms with Gasteiger partial charge in [-0.25, -0.2) is 0 Å². The van der Waals surface area contributed by atoms with Crippen molar-refractivity contribution < 1.29 is 8.83 Å². The van der Waals surface area contributed by atoms with Gasteiger partial charge in [0, 0.05) is 0 Å². The summed E-state index contributed by atoms with van der Waals surface area (Å²) in [6.07, 6.45) is 0. The first kappa shape index (κ1) is 5.09. The van der Waals surface area contributed by atoms with Crippen molar-refractivity contribution >= 4 is 25.7 Å². The summed E-state index contributed by atoms with van der Waals surface area (Å²) < 4.78 is 9.27. The molecule has 9 heavy (non-hydrogen) atoms. The van der Waals surface area contributed by atoms with E-state index in [1.54, 1.807) is 0 Å². The fraction of sp³-hybridized carbons (Fsp3) is 0. The first-order valence-electron chi connectivity index (χ1n) is 2.32. The third-order valence-electron chi connectivity index (χ3n) is 0.980. The summed E-state index contributed by atoms with van der Waals surface area (Å²) >= 11 is 0.325. The van der Waals surface area contributed by atoms with Crippen molar-refractivity contribution in [3.8, 4) is 0 Å². The average molecular weight is 189 g/mol. The van der Waals surface area contributed by atoms with Crippen LogP contribution < -0.4 is 5.82 Å². The third kappa shape index (κ3) is 0.677. The van der Waals surface area contributed by atoms with Gasteiger partial charge in [0.25, 0.3) is 0 Å². The van der Waals surface area contributed by atoms with Crippen LogP contribution in [0.1, 0.15) is 0 Å². The van der Waals surface area contributed by atoms with E-state index in [1.165, 1.54) is 0 Å². The molecule has 0 atom stereocenters. The fourth-order valence-corrected chi connectivity index (χ4v) is 1.97. The molecule has 2 heterocycles. The molecule has 0 aliphatic heterocycles. The van der Waals surface area contributed by atoms with Crippen LogP contribution in [0.4, 0.5) is 0 Å². The molecule has 0 radical (unpaired) electrons. The van der Waals surface area contributed by atoms with Crippen LogP contribution in [0.25, 0.3) is 11.2 Å². The molecule has 2 aromatic heterocycles. The van der Waals surface area contributed by atoms with Gasteiger partial charge in [0.15, 0.2) is 0 Å². The van der Waals surface area contributed by atoms with Crippen LogP contribution in [0.15, 0.2) is 23.5 Å². The summed E-state index contributed by atoms with van der Waals surface area (Å²) in [5, 5.41) is 0. The molecule has 0 aromatic carbocycles. The van der Waals surface area contributed by atoms with Crippen LogP contribution in [0, 0.1) is 0 Å². The minimum absolute atomic E-state index is 0.325. The molecule has 0 bridgehead atoms. The zero-order valence-corrected chi connectivity index (χ0v) is 6.00. The van der Waals surface area contributed by atoms with E-state index in [-0.39, 0.29) is 0 Å². The van der Waals surface area contributed by atoms with Crippen LogP contribution in [-0.2, 0) is 0 Å². The molecule has 0 saturated carbocycles. The molecular weight excluding hydrogens is 187 g/mol. The Balaban J connectivity index is 3.08. The molecule has 46 valence electrons. The van der Waals surface area contributed by atoms with Gasteiger partial charge < -0.3 is 0 Å². The first-order chi connectivity index (χ1) is 4.36. The first-order valence-corrected chi connectivity index (χ1v) is 4.30. The van der Waals surface area contributed by atoms with Crippen molar-refractivity contribution in [1.82, 2.24) is 0 Å². The van der Waals surface area contributed by atoms with E-state index in [0.717, 1.165) is 0 Å². The Labute approximate surface area is 55.6 Å². The van der Waals surface area contributed by atoms with Gasteiger partial charge in [0.2, 0.25) is 0 Å². The maximum absolute atomic E-state index is 10.3. The Kier molecular flexibility index (Phi) is 0.917. The average Bonchev–Trinajstić information content (AvgIpc) is 2.22. The Hall–Kier alpha value is -0.731. The van der Waals surface area contributed by atoms with Crippen LogP contribution in [-0.4, -0.2) is 14.5 Å². The molecule has 0 N–H and O–H groups in total. The second-order valence-corrected chi connectivity index (χ2v) is 3.11. The van der Waals surface area contributed by atoms with Crippen molar-refractivity contribution in [2.45, 2.75) is 0 Å². The second-order valence-electron chi connectivity index (χ2n) is 1.55. The predicted molar refractivity (Wildman–Crippen MR) is 31.7 cm³/mol. The van der Waals surface area contributed by atoms with Crippen molar-refractivity contribution in [2.24, 2.45) is 0 Å². The molecule has 0 spiro atoms. The predicted octanol–water partition coefficient (Wildman–Crippen LogP) is 0.443. The zero-order valence-electron chi connectivity index (χ0n) is 4.29. The van der Waals surface area contributed by atoms with E-state index in [9.17, 15) is 4.79 Å². The number of fused-ring (bicyclic) bond motifs is 1.